The van der Waals surface area contributed by atoms with E-state index in [9.17, 15) is 13.2 Å². The van der Waals surface area contributed by atoms with Gasteiger partial charge in [0.2, 0.25) is 0 Å². The lowest BCUT2D eigenvalue weighted by molar-refractivity contribution is -0.118. The molecule has 3 aromatic carbocycles. The molecule has 1 amide bonds. The molecule has 0 atom stereocenters. The van der Waals surface area contributed by atoms with Gasteiger partial charge in [-0.05, 0) is 54.8 Å². The molecule has 0 aliphatic rings. The van der Waals surface area contributed by atoms with E-state index in [2.05, 4.69) is 10.0 Å². The molecule has 0 spiro atoms. The highest BCUT2D eigenvalue weighted by Crippen LogP contribution is 2.25. The van der Waals surface area contributed by atoms with E-state index < -0.39 is 10.0 Å². The predicted octanol–water partition coefficient (Wildman–Crippen LogP) is 4.24. The third-order valence-corrected chi connectivity index (χ3v) is 6.40. The number of benzene rings is 3. The summed E-state index contributed by atoms with van der Waals surface area (Å²) in [7, 11) is -2.27. The smallest absolute Gasteiger partial charge is 0.262 e. The van der Waals surface area contributed by atoms with Crippen LogP contribution in [0.2, 0.25) is 0 Å². The number of nitrogens with one attached hydrogen (secondary N) is 2. The first-order valence-electron chi connectivity index (χ1n) is 9.24. The number of rotatable bonds is 9. The molecule has 7 nitrogen and oxygen atoms in total. The maximum Gasteiger partial charge on any atom is 0.262 e. The molecule has 0 saturated heterocycles. The van der Waals surface area contributed by atoms with Crippen LogP contribution in [-0.2, 0) is 14.8 Å². The summed E-state index contributed by atoms with van der Waals surface area (Å²) in [5.41, 5.74) is 1.11. The van der Waals surface area contributed by atoms with Gasteiger partial charge in [-0.15, -0.1) is 11.8 Å². The number of sulfonamides is 1. The van der Waals surface area contributed by atoms with Crippen LogP contribution >= 0.6 is 11.8 Å². The molecular formula is C22H22N2O5S2. The molecule has 2 N–H and O–H groups in total. The quantitative estimate of drug-likeness (QED) is 0.466. The Morgan fingerprint density at radius 1 is 0.968 bits per heavy atom. The van der Waals surface area contributed by atoms with E-state index in [1.54, 1.807) is 24.3 Å². The number of carbonyl (C=O) groups is 1. The lowest BCUT2D eigenvalue weighted by atomic mass is 10.3. The monoisotopic (exact) mass is 458 g/mol. The molecule has 0 saturated carbocycles. The highest BCUT2D eigenvalue weighted by atomic mass is 32.2. The number of methoxy groups -OCH3 is 1. The molecule has 0 aliphatic heterocycles. The van der Waals surface area contributed by atoms with Crippen LogP contribution in [0.1, 0.15) is 0 Å². The van der Waals surface area contributed by atoms with Gasteiger partial charge >= 0.3 is 0 Å². The van der Waals surface area contributed by atoms with E-state index in [4.69, 9.17) is 9.47 Å². The number of anilines is 2. The lowest BCUT2D eigenvalue weighted by Crippen LogP contribution is -2.20. The number of amides is 1. The predicted molar refractivity (Wildman–Crippen MR) is 123 cm³/mol. The average Bonchev–Trinajstić information content (AvgIpc) is 2.78. The fourth-order valence-corrected chi connectivity index (χ4v) is 4.30. The first kappa shape index (κ1) is 22.5. The first-order valence-corrected chi connectivity index (χ1v) is 11.9. The zero-order chi connectivity index (χ0) is 22.3. The van der Waals surface area contributed by atoms with E-state index in [-0.39, 0.29) is 17.4 Å². The SMILES string of the molecule is COc1cccc(NS(=O)(=O)c2ccc(OCC(=O)Nc3ccccc3SC)cc2)c1. The summed E-state index contributed by atoms with van der Waals surface area (Å²) < 4.78 is 38.3. The summed E-state index contributed by atoms with van der Waals surface area (Å²) in [6, 6.07) is 19.9. The number of hydrogen-bond donors (Lipinski definition) is 2. The van der Waals surface area contributed by atoms with Gasteiger partial charge in [-0.2, -0.15) is 0 Å². The zero-order valence-electron chi connectivity index (χ0n) is 17.0. The second kappa shape index (κ2) is 10.2. The summed E-state index contributed by atoms with van der Waals surface area (Å²) >= 11 is 1.53. The van der Waals surface area contributed by atoms with Crippen molar-refractivity contribution in [2.24, 2.45) is 0 Å². The molecule has 0 bridgehead atoms. The van der Waals surface area contributed by atoms with Crippen LogP contribution < -0.4 is 19.5 Å². The summed E-state index contributed by atoms with van der Waals surface area (Å²) in [6.07, 6.45) is 1.93. The van der Waals surface area contributed by atoms with Crippen LogP contribution in [-0.4, -0.2) is 34.3 Å². The third kappa shape index (κ3) is 6.16. The van der Waals surface area contributed by atoms with Gasteiger partial charge in [0, 0.05) is 11.0 Å². The van der Waals surface area contributed by atoms with E-state index in [1.807, 2.05) is 30.5 Å². The van der Waals surface area contributed by atoms with Crippen molar-refractivity contribution in [2.75, 3.05) is 30.0 Å². The highest BCUT2D eigenvalue weighted by molar-refractivity contribution is 7.98. The second-order valence-electron chi connectivity index (χ2n) is 6.35. The molecule has 162 valence electrons. The maximum absolute atomic E-state index is 12.6. The standard InChI is InChI=1S/C22H22N2O5S2/c1-28-18-7-5-6-16(14-18)24-31(26,27)19-12-10-17(11-13-19)29-15-22(25)23-20-8-3-4-9-21(20)30-2/h3-14,24H,15H2,1-2H3,(H,23,25). The Bertz CT molecular complexity index is 1150. The van der Waals surface area contributed by atoms with Gasteiger partial charge < -0.3 is 14.8 Å². The van der Waals surface area contributed by atoms with Crippen molar-refractivity contribution >= 4 is 39.1 Å². The molecule has 0 fully saturated rings. The van der Waals surface area contributed by atoms with Crippen LogP contribution in [0.3, 0.4) is 0 Å². The van der Waals surface area contributed by atoms with Crippen molar-refractivity contribution in [3.05, 3.63) is 72.8 Å². The lowest BCUT2D eigenvalue weighted by Gasteiger charge is -2.11. The van der Waals surface area contributed by atoms with Gasteiger partial charge in [-0.25, -0.2) is 8.42 Å². The second-order valence-corrected chi connectivity index (χ2v) is 8.88. The molecule has 0 unspecified atom stereocenters. The largest absolute Gasteiger partial charge is 0.497 e. The maximum atomic E-state index is 12.6. The van der Waals surface area contributed by atoms with Crippen molar-refractivity contribution < 1.29 is 22.7 Å². The molecule has 0 aromatic heterocycles. The minimum absolute atomic E-state index is 0.0704. The summed E-state index contributed by atoms with van der Waals surface area (Å²) in [5, 5.41) is 2.80. The van der Waals surface area contributed by atoms with Gasteiger partial charge in [0.1, 0.15) is 11.5 Å². The van der Waals surface area contributed by atoms with E-state index in [1.165, 1.54) is 43.1 Å². The van der Waals surface area contributed by atoms with Crippen molar-refractivity contribution in [1.29, 1.82) is 0 Å². The molecule has 0 heterocycles. The molecule has 0 radical (unpaired) electrons. The Morgan fingerprint density at radius 2 is 1.71 bits per heavy atom. The number of hydrogen-bond acceptors (Lipinski definition) is 6. The molecule has 31 heavy (non-hydrogen) atoms. The Balaban J connectivity index is 1.59. The minimum atomic E-state index is -3.78. The normalized spacial score (nSPS) is 10.9. The fraction of sp³-hybridized carbons (Fsp3) is 0.136. The Hall–Kier alpha value is -3.17. The van der Waals surface area contributed by atoms with Gasteiger partial charge in [0.15, 0.2) is 6.61 Å². The molecule has 3 aromatic rings. The van der Waals surface area contributed by atoms with E-state index in [0.29, 0.717) is 22.9 Å². The zero-order valence-corrected chi connectivity index (χ0v) is 18.6. The van der Waals surface area contributed by atoms with Crippen LogP contribution in [0, 0.1) is 0 Å². The Labute approximate surface area is 185 Å². The van der Waals surface area contributed by atoms with Crippen LogP contribution in [0.15, 0.2) is 82.6 Å². The fourth-order valence-electron chi connectivity index (χ4n) is 2.70. The van der Waals surface area contributed by atoms with Gasteiger partial charge in [0.25, 0.3) is 15.9 Å². The van der Waals surface area contributed by atoms with Crippen LogP contribution in [0.5, 0.6) is 11.5 Å². The van der Waals surface area contributed by atoms with Crippen molar-refractivity contribution in [2.45, 2.75) is 9.79 Å². The summed E-state index contributed by atoms with van der Waals surface area (Å²) in [6.45, 7) is -0.198. The van der Waals surface area contributed by atoms with E-state index >= 15 is 0 Å². The Kier molecular flexibility index (Phi) is 7.43. The molecule has 3 rings (SSSR count). The average molecular weight is 459 g/mol. The number of thioether (sulfide) groups is 1. The van der Waals surface area contributed by atoms with E-state index in [0.717, 1.165) is 4.90 Å². The Morgan fingerprint density at radius 3 is 2.42 bits per heavy atom. The van der Waals surface area contributed by atoms with Gasteiger partial charge in [-0.1, -0.05) is 18.2 Å². The molecular weight excluding hydrogens is 436 g/mol. The topological polar surface area (TPSA) is 93.7 Å². The number of para-hydroxylation sites is 1. The van der Waals surface area contributed by atoms with Crippen molar-refractivity contribution in [3.63, 3.8) is 0 Å². The van der Waals surface area contributed by atoms with Crippen LogP contribution in [0.25, 0.3) is 0 Å². The number of ether oxygens (including phenoxy) is 2. The summed E-state index contributed by atoms with van der Waals surface area (Å²) in [4.78, 5) is 13.2. The highest BCUT2D eigenvalue weighted by Gasteiger charge is 2.15. The van der Waals surface area contributed by atoms with Gasteiger partial charge in [0.05, 0.1) is 23.4 Å². The minimum Gasteiger partial charge on any atom is -0.497 e. The molecule has 0 aliphatic carbocycles. The van der Waals surface area contributed by atoms with Crippen molar-refractivity contribution in [3.8, 4) is 11.5 Å². The van der Waals surface area contributed by atoms with Crippen molar-refractivity contribution in [1.82, 2.24) is 0 Å². The first-order chi connectivity index (χ1) is 14.9. The summed E-state index contributed by atoms with van der Waals surface area (Å²) in [5.74, 6) is 0.619. The molecule has 9 heteroatoms. The number of carbonyl (C=O) groups excluding carboxylic acids is 1. The van der Waals surface area contributed by atoms with Gasteiger partial charge in [-0.3, -0.25) is 9.52 Å². The van der Waals surface area contributed by atoms with Crippen LogP contribution in [0.4, 0.5) is 11.4 Å². The third-order valence-electron chi connectivity index (χ3n) is 4.21.